The summed E-state index contributed by atoms with van der Waals surface area (Å²) in [6, 6.07) is 10.9. The van der Waals surface area contributed by atoms with E-state index in [-0.39, 0.29) is 18.6 Å². The minimum absolute atomic E-state index is 0.310. The van der Waals surface area contributed by atoms with E-state index in [0.29, 0.717) is 11.3 Å². The number of rotatable bonds is 5. The minimum atomic E-state index is -0.502. The lowest BCUT2D eigenvalue weighted by Gasteiger charge is -2.11. The molecule has 0 saturated carbocycles. The molecule has 0 unspecified atom stereocenters. The summed E-state index contributed by atoms with van der Waals surface area (Å²) in [6.07, 6.45) is 0. The van der Waals surface area contributed by atoms with Crippen LogP contribution in [0.25, 0.3) is 11.0 Å². The van der Waals surface area contributed by atoms with E-state index in [1.165, 1.54) is 11.3 Å². The summed E-state index contributed by atoms with van der Waals surface area (Å²) >= 11 is 1.40. The number of hydrogen-bond acceptors (Lipinski definition) is 5. The third-order valence-corrected chi connectivity index (χ3v) is 4.02. The lowest BCUT2D eigenvalue weighted by Crippen LogP contribution is -2.30. The van der Waals surface area contributed by atoms with Crippen LogP contribution >= 0.6 is 11.3 Å². The maximum atomic E-state index is 11.9. The monoisotopic (exact) mass is 329 g/mol. The smallest absolute Gasteiger partial charge is 0.339 e. The Balaban J connectivity index is 1.55. The van der Waals surface area contributed by atoms with Crippen molar-refractivity contribution in [1.29, 1.82) is 0 Å². The van der Waals surface area contributed by atoms with Crippen molar-refractivity contribution in [2.45, 2.75) is 13.0 Å². The highest BCUT2D eigenvalue weighted by atomic mass is 32.1. The van der Waals surface area contributed by atoms with Gasteiger partial charge in [0.2, 0.25) is 0 Å². The Morgan fingerprint density at radius 2 is 2.13 bits per heavy atom. The van der Waals surface area contributed by atoms with E-state index < -0.39 is 5.97 Å². The molecule has 0 aliphatic heterocycles. The van der Waals surface area contributed by atoms with Gasteiger partial charge in [-0.15, -0.1) is 0 Å². The summed E-state index contributed by atoms with van der Waals surface area (Å²) in [5.41, 5.74) is 1.22. The van der Waals surface area contributed by atoms with Gasteiger partial charge in [-0.1, -0.05) is 18.2 Å². The number of amides is 1. The Labute approximate surface area is 136 Å². The molecule has 23 heavy (non-hydrogen) atoms. The zero-order valence-corrected chi connectivity index (χ0v) is 13.3. The lowest BCUT2D eigenvalue weighted by atomic mass is 10.2. The molecule has 1 atom stereocenters. The zero-order valence-electron chi connectivity index (χ0n) is 12.4. The number of furan rings is 1. The number of esters is 1. The third-order valence-electron chi connectivity index (χ3n) is 3.34. The molecule has 2 aromatic heterocycles. The van der Waals surface area contributed by atoms with Crippen molar-refractivity contribution in [1.82, 2.24) is 5.32 Å². The highest BCUT2D eigenvalue weighted by Gasteiger charge is 2.16. The second kappa shape index (κ2) is 6.66. The SMILES string of the molecule is C[C@@H](NC(=O)COC(=O)c1ccsc1)c1cc2ccccc2o1. The van der Waals surface area contributed by atoms with Gasteiger partial charge in [-0.2, -0.15) is 11.3 Å². The molecular formula is C17H15NO4S. The molecule has 0 spiro atoms. The molecule has 0 bridgehead atoms. The second-order valence-electron chi connectivity index (χ2n) is 5.06. The first kappa shape index (κ1) is 15.3. The topological polar surface area (TPSA) is 68.5 Å². The normalized spacial score (nSPS) is 12.0. The molecule has 0 saturated heterocycles. The van der Waals surface area contributed by atoms with E-state index in [1.807, 2.05) is 37.3 Å². The van der Waals surface area contributed by atoms with E-state index in [2.05, 4.69) is 5.32 Å². The van der Waals surface area contributed by atoms with Crippen LogP contribution in [0.1, 0.15) is 29.1 Å². The molecule has 0 aliphatic rings. The van der Waals surface area contributed by atoms with E-state index >= 15 is 0 Å². The van der Waals surface area contributed by atoms with E-state index in [9.17, 15) is 9.59 Å². The zero-order chi connectivity index (χ0) is 16.2. The molecular weight excluding hydrogens is 314 g/mol. The number of carbonyl (C=O) groups is 2. The molecule has 0 aliphatic carbocycles. The van der Waals surface area contributed by atoms with Gasteiger partial charge < -0.3 is 14.5 Å². The minimum Gasteiger partial charge on any atom is -0.459 e. The van der Waals surface area contributed by atoms with Crippen LogP contribution in [0, 0.1) is 0 Å². The number of para-hydroxylation sites is 1. The average molecular weight is 329 g/mol. The van der Waals surface area contributed by atoms with E-state index in [1.54, 1.807) is 16.8 Å². The average Bonchev–Trinajstić information content (AvgIpc) is 3.21. The molecule has 3 rings (SSSR count). The predicted octanol–water partition coefficient (Wildman–Crippen LogP) is 3.53. The van der Waals surface area contributed by atoms with Crippen molar-refractivity contribution in [3.05, 3.63) is 58.5 Å². The summed E-state index contributed by atoms with van der Waals surface area (Å²) in [5.74, 6) is -0.219. The molecule has 6 heteroatoms. The second-order valence-corrected chi connectivity index (χ2v) is 5.84. The Morgan fingerprint density at radius 3 is 2.87 bits per heavy atom. The quantitative estimate of drug-likeness (QED) is 0.727. The van der Waals surface area contributed by atoms with Crippen molar-refractivity contribution in [2.24, 2.45) is 0 Å². The van der Waals surface area contributed by atoms with E-state index in [4.69, 9.17) is 9.15 Å². The van der Waals surface area contributed by atoms with Crippen molar-refractivity contribution in [3.63, 3.8) is 0 Å². The van der Waals surface area contributed by atoms with Gasteiger partial charge in [-0.25, -0.2) is 4.79 Å². The number of ether oxygens (including phenoxy) is 1. The van der Waals surface area contributed by atoms with Gasteiger partial charge in [-0.3, -0.25) is 4.79 Å². The third kappa shape index (κ3) is 3.60. The standard InChI is InChI=1S/C17H15NO4S/c1-11(15-8-12-4-2-3-5-14(12)22-15)18-16(19)9-21-17(20)13-6-7-23-10-13/h2-8,10-11H,9H2,1H3,(H,18,19)/t11-/m1/s1. The molecule has 2 heterocycles. The highest BCUT2D eigenvalue weighted by molar-refractivity contribution is 7.08. The molecule has 0 radical (unpaired) electrons. The van der Waals surface area contributed by atoms with Crippen molar-refractivity contribution in [2.75, 3.05) is 6.61 Å². The fourth-order valence-electron chi connectivity index (χ4n) is 2.17. The van der Waals surface area contributed by atoms with Crippen LogP contribution in [0.4, 0.5) is 0 Å². The first-order valence-corrected chi connectivity index (χ1v) is 8.05. The number of carbonyl (C=O) groups excluding carboxylic acids is 2. The Morgan fingerprint density at radius 1 is 1.30 bits per heavy atom. The maximum absolute atomic E-state index is 11.9. The van der Waals surface area contributed by atoms with Gasteiger partial charge >= 0.3 is 5.97 Å². The Kier molecular flexibility index (Phi) is 4.43. The van der Waals surface area contributed by atoms with Crippen LogP contribution in [0.3, 0.4) is 0 Å². The van der Waals surface area contributed by atoms with Gasteiger partial charge in [0.25, 0.3) is 5.91 Å². The van der Waals surface area contributed by atoms with Gasteiger partial charge in [-0.05, 0) is 30.5 Å². The predicted molar refractivity (Wildman–Crippen MR) is 87.4 cm³/mol. The van der Waals surface area contributed by atoms with Crippen molar-refractivity contribution < 1.29 is 18.7 Å². The first-order chi connectivity index (χ1) is 11.1. The van der Waals surface area contributed by atoms with Crippen LogP contribution in [0.15, 0.2) is 51.6 Å². The molecule has 118 valence electrons. The van der Waals surface area contributed by atoms with Gasteiger partial charge in [0.05, 0.1) is 11.6 Å². The van der Waals surface area contributed by atoms with Crippen molar-refractivity contribution >= 4 is 34.2 Å². The maximum Gasteiger partial charge on any atom is 0.339 e. The van der Waals surface area contributed by atoms with Gasteiger partial charge in [0.15, 0.2) is 6.61 Å². The molecule has 0 fully saturated rings. The van der Waals surface area contributed by atoms with Crippen LogP contribution < -0.4 is 5.32 Å². The highest BCUT2D eigenvalue weighted by Crippen LogP contribution is 2.23. The first-order valence-electron chi connectivity index (χ1n) is 7.10. The number of hydrogen-bond donors (Lipinski definition) is 1. The molecule has 1 amide bonds. The van der Waals surface area contributed by atoms with E-state index in [0.717, 1.165) is 11.0 Å². The van der Waals surface area contributed by atoms with Crippen LogP contribution in [-0.2, 0) is 9.53 Å². The molecule has 3 aromatic rings. The number of thiophene rings is 1. The Bertz CT molecular complexity index is 789. The fourth-order valence-corrected chi connectivity index (χ4v) is 2.79. The summed E-state index contributed by atoms with van der Waals surface area (Å²) in [5, 5.41) is 7.19. The van der Waals surface area contributed by atoms with Gasteiger partial charge in [0, 0.05) is 10.8 Å². The number of nitrogens with one attached hydrogen (secondary N) is 1. The van der Waals surface area contributed by atoms with Crippen LogP contribution in [-0.4, -0.2) is 18.5 Å². The summed E-state index contributed by atoms with van der Waals surface area (Å²) in [7, 11) is 0. The summed E-state index contributed by atoms with van der Waals surface area (Å²) < 4.78 is 10.7. The van der Waals surface area contributed by atoms with Crippen LogP contribution in [0.2, 0.25) is 0 Å². The van der Waals surface area contributed by atoms with Crippen molar-refractivity contribution in [3.8, 4) is 0 Å². The number of benzene rings is 1. The Hall–Kier alpha value is -2.60. The summed E-state index contributed by atoms with van der Waals surface area (Å²) in [4.78, 5) is 23.6. The van der Waals surface area contributed by atoms with Crippen LogP contribution in [0.5, 0.6) is 0 Å². The number of fused-ring (bicyclic) bond motifs is 1. The molecule has 1 N–H and O–H groups in total. The fraction of sp³-hybridized carbons (Fsp3) is 0.176. The molecule has 5 nitrogen and oxygen atoms in total. The molecule has 1 aromatic carbocycles. The summed E-state index contributed by atoms with van der Waals surface area (Å²) in [6.45, 7) is 1.50. The largest absolute Gasteiger partial charge is 0.459 e. The van der Waals surface area contributed by atoms with Gasteiger partial charge in [0.1, 0.15) is 11.3 Å². The lowest BCUT2D eigenvalue weighted by molar-refractivity contribution is -0.125.